The molecule has 2 aliphatic heterocycles. The van der Waals surface area contributed by atoms with E-state index in [1.807, 2.05) is 29.2 Å². The van der Waals surface area contributed by atoms with Crippen molar-refractivity contribution in [2.75, 3.05) is 57.0 Å². The summed E-state index contributed by atoms with van der Waals surface area (Å²) in [5.41, 5.74) is 1.06. The van der Waals surface area contributed by atoms with Gasteiger partial charge in [0.15, 0.2) is 0 Å². The van der Waals surface area contributed by atoms with Crippen molar-refractivity contribution < 1.29 is 17.9 Å². The number of anilines is 1. The van der Waals surface area contributed by atoms with Crippen LogP contribution in [0.3, 0.4) is 0 Å². The van der Waals surface area contributed by atoms with Crippen LogP contribution in [0.1, 0.15) is 19.8 Å². The fraction of sp³-hybridized carbons (Fsp3) is 0.632. The van der Waals surface area contributed by atoms with Crippen molar-refractivity contribution in [3.8, 4) is 5.75 Å². The van der Waals surface area contributed by atoms with Crippen molar-refractivity contribution in [2.45, 2.75) is 19.8 Å². The molecule has 0 atom stereocenters. The second kappa shape index (κ2) is 8.48. The molecule has 2 fully saturated rings. The highest BCUT2D eigenvalue weighted by molar-refractivity contribution is 7.89. The van der Waals surface area contributed by atoms with E-state index in [4.69, 9.17) is 4.74 Å². The molecule has 0 saturated carbocycles. The summed E-state index contributed by atoms with van der Waals surface area (Å²) < 4.78 is 30.9. The highest BCUT2D eigenvalue weighted by Gasteiger charge is 2.33. The van der Waals surface area contributed by atoms with Gasteiger partial charge in [-0.25, -0.2) is 12.7 Å². The van der Waals surface area contributed by atoms with Crippen LogP contribution >= 0.6 is 0 Å². The number of hydrogen-bond acceptors (Lipinski definition) is 5. The zero-order valence-electron chi connectivity index (χ0n) is 16.1. The third-order valence-electron chi connectivity index (χ3n) is 5.58. The molecule has 150 valence electrons. The Morgan fingerprint density at radius 3 is 2.30 bits per heavy atom. The summed E-state index contributed by atoms with van der Waals surface area (Å²) in [6, 6.07) is 7.94. The van der Waals surface area contributed by atoms with Gasteiger partial charge >= 0.3 is 0 Å². The number of nitrogens with zero attached hydrogens (tertiary/aromatic N) is 3. The van der Waals surface area contributed by atoms with E-state index < -0.39 is 10.0 Å². The molecule has 0 aliphatic carbocycles. The van der Waals surface area contributed by atoms with E-state index in [-0.39, 0.29) is 17.6 Å². The molecule has 2 heterocycles. The number of amides is 1. The zero-order chi connectivity index (χ0) is 19.4. The fourth-order valence-electron chi connectivity index (χ4n) is 3.88. The molecule has 0 unspecified atom stereocenters. The van der Waals surface area contributed by atoms with Crippen LogP contribution in [0.25, 0.3) is 0 Å². The number of para-hydroxylation sites is 2. The number of sulfonamides is 1. The molecule has 0 radical (unpaired) electrons. The second-order valence-corrected chi connectivity index (χ2v) is 9.32. The van der Waals surface area contributed by atoms with Gasteiger partial charge in [0.1, 0.15) is 5.75 Å². The van der Waals surface area contributed by atoms with Crippen molar-refractivity contribution in [1.82, 2.24) is 9.21 Å². The van der Waals surface area contributed by atoms with Crippen molar-refractivity contribution >= 4 is 21.6 Å². The van der Waals surface area contributed by atoms with Gasteiger partial charge in [0.05, 0.1) is 18.6 Å². The van der Waals surface area contributed by atoms with Gasteiger partial charge in [0, 0.05) is 45.2 Å². The Morgan fingerprint density at radius 2 is 1.70 bits per heavy atom. The first-order valence-electron chi connectivity index (χ1n) is 9.61. The van der Waals surface area contributed by atoms with Crippen molar-refractivity contribution in [1.29, 1.82) is 0 Å². The number of hydrogen-bond donors (Lipinski definition) is 0. The summed E-state index contributed by atoms with van der Waals surface area (Å²) in [5, 5.41) is 0. The number of carbonyl (C=O) groups excluding carboxylic acids is 1. The zero-order valence-corrected chi connectivity index (χ0v) is 17.0. The first kappa shape index (κ1) is 19.9. The average molecular weight is 396 g/mol. The van der Waals surface area contributed by atoms with Crippen molar-refractivity contribution in [3.63, 3.8) is 0 Å². The summed E-state index contributed by atoms with van der Waals surface area (Å²) in [5.74, 6) is 1.08. The number of methoxy groups -OCH3 is 1. The fourth-order valence-corrected chi connectivity index (χ4v) is 5.01. The normalized spacial score (nSPS) is 19.9. The summed E-state index contributed by atoms with van der Waals surface area (Å²) in [4.78, 5) is 17.0. The van der Waals surface area contributed by atoms with Gasteiger partial charge in [0.25, 0.3) is 0 Å². The lowest BCUT2D eigenvalue weighted by molar-refractivity contribution is -0.137. The van der Waals surface area contributed by atoms with Crippen LogP contribution in [0.15, 0.2) is 24.3 Å². The molecule has 2 saturated heterocycles. The second-order valence-electron chi connectivity index (χ2n) is 7.06. The summed E-state index contributed by atoms with van der Waals surface area (Å²) in [6.45, 7) is 5.48. The van der Waals surface area contributed by atoms with Crippen LogP contribution in [-0.2, 0) is 14.8 Å². The van der Waals surface area contributed by atoms with E-state index in [1.165, 1.54) is 4.31 Å². The highest BCUT2D eigenvalue weighted by atomic mass is 32.2. The predicted molar refractivity (Wildman–Crippen MR) is 106 cm³/mol. The summed E-state index contributed by atoms with van der Waals surface area (Å²) >= 11 is 0. The van der Waals surface area contributed by atoms with E-state index in [9.17, 15) is 13.2 Å². The average Bonchev–Trinajstić information content (AvgIpc) is 2.73. The van der Waals surface area contributed by atoms with Crippen LogP contribution in [0.2, 0.25) is 0 Å². The predicted octanol–water partition coefficient (Wildman–Crippen LogP) is 1.41. The number of carbonyl (C=O) groups is 1. The van der Waals surface area contributed by atoms with Gasteiger partial charge in [-0.05, 0) is 31.9 Å². The molecule has 0 bridgehead atoms. The maximum atomic E-state index is 12.9. The minimum absolute atomic E-state index is 0.0638. The lowest BCUT2D eigenvalue weighted by Crippen LogP contribution is -2.52. The molecule has 8 heteroatoms. The Labute approximate surface area is 161 Å². The minimum Gasteiger partial charge on any atom is -0.495 e. The van der Waals surface area contributed by atoms with E-state index in [1.54, 1.807) is 14.0 Å². The molecule has 1 amide bonds. The number of ether oxygens (including phenoxy) is 1. The van der Waals surface area contributed by atoms with Crippen molar-refractivity contribution in [3.05, 3.63) is 24.3 Å². The van der Waals surface area contributed by atoms with E-state index in [0.717, 1.165) is 24.5 Å². The monoisotopic (exact) mass is 395 g/mol. The van der Waals surface area contributed by atoms with Gasteiger partial charge in [-0.1, -0.05) is 12.1 Å². The highest BCUT2D eigenvalue weighted by Crippen LogP contribution is 2.29. The van der Waals surface area contributed by atoms with Gasteiger partial charge < -0.3 is 14.5 Å². The number of piperidine rings is 1. The van der Waals surface area contributed by atoms with E-state index >= 15 is 0 Å². The molecule has 1 aromatic carbocycles. The smallest absolute Gasteiger partial charge is 0.225 e. The SMILES string of the molecule is CCS(=O)(=O)N1CCC(C(=O)N2CCN(c3ccccc3OC)CC2)CC1. The number of benzene rings is 1. The lowest BCUT2D eigenvalue weighted by atomic mass is 9.96. The van der Waals surface area contributed by atoms with E-state index in [0.29, 0.717) is 39.0 Å². The number of piperazine rings is 1. The Morgan fingerprint density at radius 1 is 1.07 bits per heavy atom. The molecule has 0 N–H and O–H groups in total. The quantitative estimate of drug-likeness (QED) is 0.754. The first-order chi connectivity index (χ1) is 13.0. The molecule has 2 aliphatic rings. The van der Waals surface area contributed by atoms with Gasteiger partial charge in [-0.3, -0.25) is 4.79 Å². The molecule has 0 aromatic heterocycles. The first-order valence-corrected chi connectivity index (χ1v) is 11.2. The van der Waals surface area contributed by atoms with Crippen LogP contribution in [0, 0.1) is 5.92 Å². The third-order valence-corrected chi connectivity index (χ3v) is 7.46. The molecule has 1 aromatic rings. The van der Waals surface area contributed by atoms with E-state index in [2.05, 4.69) is 4.90 Å². The minimum atomic E-state index is -3.15. The maximum Gasteiger partial charge on any atom is 0.225 e. The molecule has 3 rings (SSSR count). The number of rotatable bonds is 5. The molecular formula is C19H29N3O4S. The van der Waals surface area contributed by atoms with Crippen LogP contribution in [0.5, 0.6) is 5.75 Å². The largest absolute Gasteiger partial charge is 0.495 e. The van der Waals surface area contributed by atoms with Gasteiger partial charge in [-0.15, -0.1) is 0 Å². The molecule has 7 nitrogen and oxygen atoms in total. The summed E-state index contributed by atoms with van der Waals surface area (Å²) in [7, 11) is -1.48. The Hall–Kier alpha value is -1.80. The molecular weight excluding hydrogens is 366 g/mol. The Bertz CT molecular complexity index is 752. The standard InChI is InChI=1S/C19H29N3O4S/c1-3-27(24,25)22-10-8-16(9-11-22)19(23)21-14-12-20(13-15-21)17-6-4-5-7-18(17)26-2/h4-7,16H,3,8-15H2,1-2H3. The summed E-state index contributed by atoms with van der Waals surface area (Å²) in [6.07, 6.45) is 1.23. The van der Waals surface area contributed by atoms with Gasteiger partial charge in [0.2, 0.25) is 15.9 Å². The Balaban J connectivity index is 1.54. The van der Waals surface area contributed by atoms with Gasteiger partial charge in [-0.2, -0.15) is 0 Å². The van der Waals surface area contributed by atoms with Crippen LogP contribution in [0.4, 0.5) is 5.69 Å². The molecule has 0 spiro atoms. The van der Waals surface area contributed by atoms with Crippen LogP contribution in [-0.4, -0.2) is 75.7 Å². The third kappa shape index (κ3) is 4.38. The lowest BCUT2D eigenvalue weighted by Gasteiger charge is -2.39. The Kier molecular flexibility index (Phi) is 6.26. The maximum absolute atomic E-state index is 12.9. The molecule has 27 heavy (non-hydrogen) atoms. The topological polar surface area (TPSA) is 70.2 Å². The van der Waals surface area contributed by atoms with Crippen molar-refractivity contribution in [2.24, 2.45) is 5.92 Å². The van der Waals surface area contributed by atoms with Crippen LogP contribution < -0.4 is 9.64 Å².